The highest BCUT2D eigenvalue weighted by Crippen LogP contribution is 2.47. The van der Waals surface area contributed by atoms with Crippen LogP contribution in [-0.4, -0.2) is 39.0 Å². The standard InChI is InChI=1S/C13H14N2O3/c16-11(15-8-7-13(15)5-2-6-13)9-3-1-4-10(14-9)12(17)18/h1,3-4H,2,5-8H2,(H,17,18). The number of rotatable bonds is 2. The van der Waals surface area contributed by atoms with Gasteiger partial charge in [0.05, 0.1) is 0 Å². The van der Waals surface area contributed by atoms with Crippen LogP contribution in [0, 0.1) is 0 Å². The molecule has 0 bridgehead atoms. The molecule has 2 fully saturated rings. The molecule has 2 heterocycles. The second kappa shape index (κ2) is 3.80. The summed E-state index contributed by atoms with van der Waals surface area (Å²) < 4.78 is 0. The fourth-order valence-electron chi connectivity index (χ4n) is 2.77. The minimum atomic E-state index is -1.10. The lowest BCUT2D eigenvalue weighted by Gasteiger charge is -2.58. The maximum atomic E-state index is 12.3. The van der Waals surface area contributed by atoms with Gasteiger partial charge in [-0.25, -0.2) is 9.78 Å². The molecule has 1 aliphatic carbocycles. The van der Waals surface area contributed by atoms with Gasteiger partial charge in [0.15, 0.2) is 0 Å². The van der Waals surface area contributed by atoms with E-state index in [9.17, 15) is 9.59 Å². The Morgan fingerprint density at radius 3 is 2.44 bits per heavy atom. The first-order valence-corrected chi connectivity index (χ1v) is 6.15. The first-order chi connectivity index (χ1) is 8.62. The van der Waals surface area contributed by atoms with Crippen molar-refractivity contribution < 1.29 is 14.7 Å². The van der Waals surface area contributed by atoms with Crippen molar-refractivity contribution in [3.05, 3.63) is 29.6 Å². The second-order valence-corrected chi connectivity index (χ2v) is 5.00. The minimum absolute atomic E-state index is 0.0675. The Morgan fingerprint density at radius 1 is 1.22 bits per heavy atom. The number of nitrogens with zero attached hydrogens (tertiary/aromatic N) is 2. The summed E-state index contributed by atoms with van der Waals surface area (Å²) in [5, 5.41) is 8.87. The third-order valence-electron chi connectivity index (χ3n) is 4.09. The molecule has 0 aromatic carbocycles. The summed E-state index contributed by atoms with van der Waals surface area (Å²) in [5.41, 5.74) is 0.225. The maximum Gasteiger partial charge on any atom is 0.354 e. The van der Waals surface area contributed by atoms with E-state index in [2.05, 4.69) is 4.98 Å². The van der Waals surface area contributed by atoms with Gasteiger partial charge in [0, 0.05) is 12.1 Å². The molecule has 5 nitrogen and oxygen atoms in total. The van der Waals surface area contributed by atoms with Crippen LogP contribution in [0.15, 0.2) is 18.2 Å². The predicted molar refractivity (Wildman–Crippen MR) is 63.4 cm³/mol. The molecule has 1 saturated heterocycles. The van der Waals surface area contributed by atoms with Crippen LogP contribution in [0.4, 0.5) is 0 Å². The molecular formula is C13H14N2O3. The maximum absolute atomic E-state index is 12.3. The number of carboxylic acids is 1. The molecule has 1 aromatic rings. The van der Waals surface area contributed by atoms with Crippen molar-refractivity contribution in [2.24, 2.45) is 0 Å². The zero-order chi connectivity index (χ0) is 12.8. The average molecular weight is 246 g/mol. The van der Waals surface area contributed by atoms with Gasteiger partial charge in [0.1, 0.15) is 11.4 Å². The number of aromatic carboxylic acids is 1. The SMILES string of the molecule is O=C(O)c1cccc(C(=O)N2CCC23CCC3)n1. The van der Waals surface area contributed by atoms with E-state index < -0.39 is 5.97 Å². The fourth-order valence-corrected chi connectivity index (χ4v) is 2.77. The van der Waals surface area contributed by atoms with E-state index >= 15 is 0 Å². The predicted octanol–water partition coefficient (Wildman–Crippen LogP) is 1.55. The Hall–Kier alpha value is -1.91. The van der Waals surface area contributed by atoms with Crippen LogP contribution in [0.3, 0.4) is 0 Å². The lowest BCUT2D eigenvalue weighted by atomic mass is 9.67. The van der Waals surface area contributed by atoms with Gasteiger partial charge in [0.2, 0.25) is 0 Å². The molecule has 1 spiro atoms. The Balaban J connectivity index is 1.84. The summed E-state index contributed by atoms with van der Waals surface area (Å²) in [6.07, 6.45) is 4.37. The van der Waals surface area contributed by atoms with Crippen molar-refractivity contribution in [2.45, 2.75) is 31.2 Å². The number of carbonyl (C=O) groups is 2. The summed E-state index contributed by atoms with van der Waals surface area (Å²) in [4.78, 5) is 28.9. The highest BCUT2D eigenvalue weighted by Gasteiger charge is 2.51. The molecule has 5 heteroatoms. The van der Waals surface area contributed by atoms with E-state index in [-0.39, 0.29) is 22.8 Å². The average Bonchev–Trinajstić information content (AvgIpc) is 2.25. The quantitative estimate of drug-likeness (QED) is 0.859. The lowest BCUT2D eigenvalue weighted by molar-refractivity contribution is -0.0491. The molecule has 94 valence electrons. The van der Waals surface area contributed by atoms with Gasteiger partial charge >= 0.3 is 5.97 Å². The summed E-state index contributed by atoms with van der Waals surface area (Å²) in [7, 11) is 0. The molecule has 1 amide bonds. The van der Waals surface area contributed by atoms with E-state index in [0.717, 1.165) is 25.8 Å². The monoisotopic (exact) mass is 246 g/mol. The van der Waals surface area contributed by atoms with Gasteiger partial charge in [-0.15, -0.1) is 0 Å². The van der Waals surface area contributed by atoms with Gasteiger partial charge in [-0.05, 0) is 37.8 Å². The molecular weight excluding hydrogens is 232 g/mol. The van der Waals surface area contributed by atoms with Crippen LogP contribution >= 0.6 is 0 Å². The van der Waals surface area contributed by atoms with Crippen LogP contribution in [0.1, 0.15) is 46.7 Å². The Kier molecular flexibility index (Phi) is 2.36. The van der Waals surface area contributed by atoms with Gasteiger partial charge in [-0.1, -0.05) is 6.07 Å². The fraction of sp³-hybridized carbons (Fsp3) is 0.462. The van der Waals surface area contributed by atoms with Crippen LogP contribution in [-0.2, 0) is 0 Å². The summed E-state index contributed by atoms with van der Waals surface area (Å²) in [6, 6.07) is 4.55. The number of hydrogen-bond donors (Lipinski definition) is 1. The van der Waals surface area contributed by atoms with Crippen molar-refractivity contribution in [2.75, 3.05) is 6.54 Å². The third-order valence-corrected chi connectivity index (χ3v) is 4.09. The normalized spacial score (nSPS) is 20.1. The molecule has 1 aliphatic heterocycles. The molecule has 1 N–H and O–H groups in total. The second-order valence-electron chi connectivity index (χ2n) is 5.00. The van der Waals surface area contributed by atoms with Gasteiger partial charge in [-0.2, -0.15) is 0 Å². The van der Waals surface area contributed by atoms with Crippen molar-refractivity contribution in [3.8, 4) is 0 Å². The van der Waals surface area contributed by atoms with Crippen molar-refractivity contribution in [1.82, 2.24) is 9.88 Å². The molecule has 2 aliphatic rings. The van der Waals surface area contributed by atoms with E-state index in [1.54, 1.807) is 12.1 Å². The molecule has 3 rings (SSSR count). The number of carbonyl (C=O) groups excluding carboxylic acids is 1. The molecule has 0 radical (unpaired) electrons. The van der Waals surface area contributed by atoms with Crippen molar-refractivity contribution in [3.63, 3.8) is 0 Å². The van der Waals surface area contributed by atoms with Crippen molar-refractivity contribution >= 4 is 11.9 Å². The first kappa shape index (κ1) is 11.2. The lowest BCUT2D eigenvalue weighted by Crippen LogP contribution is -2.65. The molecule has 0 unspecified atom stereocenters. The number of amides is 1. The molecule has 18 heavy (non-hydrogen) atoms. The van der Waals surface area contributed by atoms with Crippen LogP contribution in [0.25, 0.3) is 0 Å². The third kappa shape index (κ3) is 1.50. The number of likely N-dealkylation sites (tertiary alicyclic amines) is 1. The largest absolute Gasteiger partial charge is 0.477 e. The molecule has 0 atom stereocenters. The summed E-state index contributed by atoms with van der Waals surface area (Å²) in [5.74, 6) is -1.24. The van der Waals surface area contributed by atoms with E-state index in [1.165, 1.54) is 12.5 Å². The number of pyridine rings is 1. The van der Waals surface area contributed by atoms with E-state index in [0.29, 0.717) is 0 Å². The van der Waals surface area contributed by atoms with Crippen molar-refractivity contribution in [1.29, 1.82) is 0 Å². The topological polar surface area (TPSA) is 70.5 Å². The number of hydrogen-bond acceptors (Lipinski definition) is 3. The Bertz CT molecular complexity index is 517. The zero-order valence-corrected chi connectivity index (χ0v) is 9.93. The van der Waals surface area contributed by atoms with E-state index in [1.807, 2.05) is 4.90 Å². The van der Waals surface area contributed by atoms with Gasteiger partial charge < -0.3 is 10.0 Å². The first-order valence-electron chi connectivity index (χ1n) is 6.15. The summed E-state index contributed by atoms with van der Waals surface area (Å²) >= 11 is 0. The number of carboxylic acid groups (broad SMARTS) is 1. The van der Waals surface area contributed by atoms with Crippen LogP contribution < -0.4 is 0 Å². The van der Waals surface area contributed by atoms with Gasteiger partial charge in [0.25, 0.3) is 5.91 Å². The minimum Gasteiger partial charge on any atom is -0.477 e. The highest BCUT2D eigenvalue weighted by atomic mass is 16.4. The van der Waals surface area contributed by atoms with Gasteiger partial charge in [-0.3, -0.25) is 4.79 Å². The molecule has 1 aromatic heterocycles. The highest BCUT2D eigenvalue weighted by molar-refractivity contribution is 5.95. The van der Waals surface area contributed by atoms with Crippen LogP contribution in [0.5, 0.6) is 0 Å². The summed E-state index contributed by atoms with van der Waals surface area (Å²) in [6.45, 7) is 0.762. The Labute approximate surface area is 104 Å². The zero-order valence-electron chi connectivity index (χ0n) is 9.93. The number of aromatic nitrogens is 1. The Morgan fingerprint density at radius 2 is 1.94 bits per heavy atom. The molecule has 1 saturated carbocycles. The van der Waals surface area contributed by atoms with Crippen LogP contribution in [0.2, 0.25) is 0 Å². The van der Waals surface area contributed by atoms with E-state index in [4.69, 9.17) is 5.11 Å². The smallest absolute Gasteiger partial charge is 0.354 e.